The van der Waals surface area contributed by atoms with Crippen molar-refractivity contribution in [3.8, 4) is 11.1 Å². The Bertz CT molecular complexity index is 597. The summed E-state index contributed by atoms with van der Waals surface area (Å²) in [5.41, 5.74) is 4.98. The molecule has 1 fully saturated rings. The monoisotopic (exact) mass is 308 g/mol. The van der Waals surface area contributed by atoms with Gasteiger partial charge in [0, 0.05) is 29.4 Å². The van der Waals surface area contributed by atoms with E-state index in [1.807, 2.05) is 6.20 Å². The highest BCUT2D eigenvalue weighted by Gasteiger charge is 2.17. The van der Waals surface area contributed by atoms with Crippen LogP contribution in [0.15, 0.2) is 42.6 Å². The molecule has 1 N–H and O–H groups in total. The predicted octanol–water partition coefficient (Wildman–Crippen LogP) is 5.08. The number of benzene rings is 1. The Morgan fingerprint density at radius 1 is 1.09 bits per heavy atom. The molecule has 1 unspecified atom stereocenters. The molecule has 122 valence electrons. The van der Waals surface area contributed by atoms with Crippen LogP contribution < -0.4 is 5.32 Å². The van der Waals surface area contributed by atoms with Crippen molar-refractivity contribution in [1.29, 1.82) is 0 Å². The molecular weight excluding hydrogens is 280 g/mol. The largest absolute Gasteiger partial charge is 0.314 e. The van der Waals surface area contributed by atoms with E-state index in [9.17, 15) is 0 Å². The maximum Gasteiger partial charge on any atom is 0.0435 e. The van der Waals surface area contributed by atoms with Gasteiger partial charge < -0.3 is 5.32 Å². The molecule has 0 bridgehead atoms. The summed E-state index contributed by atoms with van der Waals surface area (Å²) in [5.74, 6) is 0.564. The Morgan fingerprint density at radius 3 is 2.39 bits per heavy atom. The molecule has 2 nitrogen and oxygen atoms in total. The molecule has 2 aromatic rings. The van der Waals surface area contributed by atoms with Crippen molar-refractivity contribution in [1.82, 2.24) is 10.3 Å². The molecular formula is C21H28N2. The number of pyridine rings is 1. The van der Waals surface area contributed by atoms with Crippen LogP contribution in [0.5, 0.6) is 0 Å². The first kappa shape index (κ1) is 16.2. The van der Waals surface area contributed by atoms with E-state index in [0.717, 1.165) is 19.0 Å². The molecule has 1 aromatic heterocycles. The molecule has 0 saturated heterocycles. The van der Waals surface area contributed by atoms with Crippen molar-refractivity contribution < 1.29 is 0 Å². The van der Waals surface area contributed by atoms with Crippen LogP contribution in [0.25, 0.3) is 11.1 Å². The molecule has 3 rings (SSSR count). The summed E-state index contributed by atoms with van der Waals surface area (Å²) >= 11 is 0. The van der Waals surface area contributed by atoms with Gasteiger partial charge in [-0.05, 0) is 50.8 Å². The molecule has 0 radical (unpaired) electrons. The van der Waals surface area contributed by atoms with E-state index in [2.05, 4.69) is 55.6 Å². The van der Waals surface area contributed by atoms with Crippen molar-refractivity contribution >= 4 is 0 Å². The van der Waals surface area contributed by atoms with Crippen LogP contribution in [0.2, 0.25) is 0 Å². The Kier molecular flexibility index (Phi) is 5.45. The topological polar surface area (TPSA) is 24.9 Å². The van der Waals surface area contributed by atoms with Gasteiger partial charge in [0.1, 0.15) is 0 Å². The second-order valence-electron chi connectivity index (χ2n) is 6.81. The highest BCUT2D eigenvalue weighted by molar-refractivity contribution is 5.62. The van der Waals surface area contributed by atoms with Crippen LogP contribution in [0.3, 0.4) is 0 Å². The van der Waals surface area contributed by atoms with Crippen LogP contribution in [-0.4, -0.2) is 17.6 Å². The molecule has 23 heavy (non-hydrogen) atoms. The zero-order valence-corrected chi connectivity index (χ0v) is 14.4. The summed E-state index contributed by atoms with van der Waals surface area (Å²) in [5, 5.41) is 3.67. The van der Waals surface area contributed by atoms with Gasteiger partial charge in [0.2, 0.25) is 0 Å². The van der Waals surface area contributed by atoms with Crippen LogP contribution in [0.4, 0.5) is 0 Å². The van der Waals surface area contributed by atoms with E-state index in [1.54, 1.807) is 0 Å². The minimum atomic E-state index is 0.564. The number of hydrogen-bond donors (Lipinski definition) is 1. The molecule has 0 aliphatic heterocycles. The fourth-order valence-electron chi connectivity index (χ4n) is 3.20. The summed E-state index contributed by atoms with van der Waals surface area (Å²) in [6.07, 6.45) is 8.49. The molecule has 0 spiro atoms. The molecule has 1 aliphatic carbocycles. The lowest BCUT2D eigenvalue weighted by atomic mass is 9.92. The molecule has 1 aromatic carbocycles. The maximum atomic E-state index is 4.75. The summed E-state index contributed by atoms with van der Waals surface area (Å²) < 4.78 is 0. The Labute approximate surface area is 140 Å². The Morgan fingerprint density at radius 2 is 1.83 bits per heavy atom. The second-order valence-corrected chi connectivity index (χ2v) is 6.81. The summed E-state index contributed by atoms with van der Waals surface area (Å²) in [6.45, 7) is 5.50. The van der Waals surface area contributed by atoms with Gasteiger partial charge in [-0.2, -0.15) is 0 Å². The SMILES string of the molecule is CCC(CCNC1CCC1)c1ccc(-c2ccc(C)cc2)cn1. The summed E-state index contributed by atoms with van der Waals surface area (Å²) in [4.78, 5) is 4.75. The highest BCUT2D eigenvalue weighted by Crippen LogP contribution is 2.25. The predicted molar refractivity (Wildman–Crippen MR) is 97.7 cm³/mol. The van der Waals surface area contributed by atoms with E-state index < -0.39 is 0 Å². The molecule has 1 atom stereocenters. The van der Waals surface area contributed by atoms with Gasteiger partial charge in [-0.3, -0.25) is 4.98 Å². The second kappa shape index (κ2) is 7.74. The third-order valence-electron chi connectivity index (χ3n) is 5.11. The molecule has 1 aliphatic rings. The fourth-order valence-corrected chi connectivity index (χ4v) is 3.20. The fraction of sp³-hybridized carbons (Fsp3) is 0.476. The average Bonchev–Trinajstić information content (AvgIpc) is 2.54. The molecule has 1 saturated carbocycles. The van der Waals surface area contributed by atoms with Gasteiger partial charge in [-0.25, -0.2) is 0 Å². The highest BCUT2D eigenvalue weighted by atomic mass is 14.9. The van der Waals surface area contributed by atoms with Gasteiger partial charge in [0.25, 0.3) is 0 Å². The van der Waals surface area contributed by atoms with E-state index in [4.69, 9.17) is 4.98 Å². The van der Waals surface area contributed by atoms with Crippen molar-refractivity contribution in [2.24, 2.45) is 0 Å². The van der Waals surface area contributed by atoms with Gasteiger partial charge in [0.05, 0.1) is 0 Å². The third kappa shape index (κ3) is 4.20. The van der Waals surface area contributed by atoms with Gasteiger partial charge in [0.15, 0.2) is 0 Å². The minimum absolute atomic E-state index is 0.564. The standard InChI is InChI=1S/C21H28N2/c1-3-17(13-14-22-20-5-4-6-20)21-12-11-19(15-23-21)18-9-7-16(2)8-10-18/h7-12,15,17,20,22H,3-6,13-14H2,1-2H3. The van der Waals surface area contributed by atoms with Crippen LogP contribution in [0.1, 0.15) is 56.2 Å². The lowest BCUT2D eigenvalue weighted by Crippen LogP contribution is -2.36. The van der Waals surface area contributed by atoms with Crippen LogP contribution in [-0.2, 0) is 0 Å². The first-order valence-electron chi connectivity index (χ1n) is 9.02. The van der Waals surface area contributed by atoms with Crippen LogP contribution >= 0.6 is 0 Å². The minimum Gasteiger partial charge on any atom is -0.314 e. The molecule has 0 amide bonds. The van der Waals surface area contributed by atoms with Gasteiger partial charge >= 0.3 is 0 Å². The van der Waals surface area contributed by atoms with Crippen molar-refractivity contribution in [3.05, 3.63) is 53.9 Å². The summed E-state index contributed by atoms with van der Waals surface area (Å²) in [6, 6.07) is 13.9. The van der Waals surface area contributed by atoms with Crippen molar-refractivity contribution in [2.75, 3.05) is 6.54 Å². The van der Waals surface area contributed by atoms with E-state index in [0.29, 0.717) is 5.92 Å². The normalized spacial score (nSPS) is 16.1. The number of aryl methyl sites for hydroxylation is 1. The quantitative estimate of drug-likeness (QED) is 0.771. The van der Waals surface area contributed by atoms with E-state index in [-0.39, 0.29) is 0 Å². The average molecular weight is 308 g/mol. The smallest absolute Gasteiger partial charge is 0.0435 e. The van der Waals surface area contributed by atoms with Crippen molar-refractivity contribution in [3.63, 3.8) is 0 Å². The maximum absolute atomic E-state index is 4.75. The zero-order chi connectivity index (χ0) is 16.1. The van der Waals surface area contributed by atoms with E-state index >= 15 is 0 Å². The molecule has 2 heteroatoms. The van der Waals surface area contributed by atoms with Gasteiger partial charge in [-0.15, -0.1) is 0 Å². The molecule has 1 heterocycles. The van der Waals surface area contributed by atoms with Gasteiger partial charge in [-0.1, -0.05) is 49.2 Å². The van der Waals surface area contributed by atoms with Crippen LogP contribution in [0, 0.1) is 6.92 Å². The number of hydrogen-bond acceptors (Lipinski definition) is 2. The first-order chi connectivity index (χ1) is 11.3. The first-order valence-corrected chi connectivity index (χ1v) is 9.02. The Hall–Kier alpha value is -1.67. The Balaban J connectivity index is 1.60. The third-order valence-corrected chi connectivity index (χ3v) is 5.11. The lowest BCUT2D eigenvalue weighted by Gasteiger charge is -2.27. The zero-order valence-electron chi connectivity index (χ0n) is 14.4. The lowest BCUT2D eigenvalue weighted by molar-refractivity contribution is 0.333. The number of rotatable bonds is 7. The number of nitrogens with one attached hydrogen (secondary N) is 1. The number of nitrogens with zero attached hydrogens (tertiary/aromatic N) is 1. The summed E-state index contributed by atoms with van der Waals surface area (Å²) in [7, 11) is 0. The van der Waals surface area contributed by atoms with E-state index in [1.165, 1.54) is 48.1 Å². The number of aromatic nitrogens is 1. The van der Waals surface area contributed by atoms with Crippen molar-refractivity contribution in [2.45, 2.75) is 57.9 Å².